The molecular formula is C74H137N2O6P. The predicted octanol–water partition coefficient (Wildman–Crippen LogP) is 22.1. The second kappa shape index (κ2) is 64.2. The molecule has 0 spiro atoms. The van der Waals surface area contributed by atoms with E-state index in [1.165, 1.54) is 238 Å². The highest BCUT2D eigenvalue weighted by Crippen LogP contribution is 2.38. The summed E-state index contributed by atoms with van der Waals surface area (Å²) in [5.41, 5.74) is 0. The Morgan fingerprint density at radius 2 is 0.747 bits per heavy atom. The number of phosphoric ester groups is 1. The first-order chi connectivity index (χ1) is 40.5. The lowest BCUT2D eigenvalue weighted by Crippen LogP contribution is -2.45. The number of allylic oxidation sites excluding steroid dienone is 13. The van der Waals surface area contributed by atoms with Gasteiger partial charge in [0.15, 0.2) is 0 Å². The van der Waals surface area contributed by atoms with E-state index in [9.17, 15) is 19.4 Å². The number of aliphatic hydroxyl groups is 1. The molecule has 484 valence electrons. The van der Waals surface area contributed by atoms with Gasteiger partial charge in [-0.3, -0.25) is 9.36 Å². The molecule has 0 fully saturated rings. The molecular weight excluding hydrogens is 1040 g/mol. The second-order valence-corrected chi connectivity index (χ2v) is 26.6. The fourth-order valence-corrected chi connectivity index (χ4v) is 11.1. The van der Waals surface area contributed by atoms with Gasteiger partial charge >= 0.3 is 0 Å². The van der Waals surface area contributed by atoms with Crippen LogP contribution in [0.5, 0.6) is 0 Å². The van der Waals surface area contributed by atoms with Crippen molar-refractivity contribution in [2.24, 2.45) is 0 Å². The lowest BCUT2D eigenvalue weighted by Gasteiger charge is -2.29. The first kappa shape index (κ1) is 80.7. The van der Waals surface area contributed by atoms with Gasteiger partial charge in [0.25, 0.3) is 7.82 Å². The van der Waals surface area contributed by atoms with Crippen LogP contribution < -0.4 is 10.2 Å². The van der Waals surface area contributed by atoms with Gasteiger partial charge < -0.3 is 28.8 Å². The van der Waals surface area contributed by atoms with Crippen LogP contribution in [0.1, 0.15) is 328 Å². The molecule has 3 unspecified atom stereocenters. The zero-order valence-electron chi connectivity index (χ0n) is 55.4. The maximum absolute atomic E-state index is 13.0. The third-order valence-electron chi connectivity index (χ3n) is 15.8. The number of unbranched alkanes of at least 4 members (excludes halogenated alkanes) is 40. The Hall–Kier alpha value is -2.32. The van der Waals surface area contributed by atoms with Crippen LogP contribution in [0.15, 0.2) is 85.1 Å². The van der Waals surface area contributed by atoms with Gasteiger partial charge in [0.2, 0.25) is 5.91 Å². The molecule has 0 aromatic rings. The number of carbonyl (C=O) groups excluding carboxylic acids is 1. The van der Waals surface area contributed by atoms with E-state index in [1.807, 2.05) is 27.2 Å². The molecule has 0 bridgehead atoms. The number of hydrogen-bond donors (Lipinski definition) is 2. The van der Waals surface area contributed by atoms with Crippen LogP contribution in [0, 0.1) is 0 Å². The van der Waals surface area contributed by atoms with Crippen LogP contribution in [0.4, 0.5) is 0 Å². The number of likely N-dealkylation sites (N-methyl/N-ethyl adjacent to an activating group) is 1. The summed E-state index contributed by atoms with van der Waals surface area (Å²) in [5.74, 6) is -0.205. The SMILES string of the molecule is CC/C=C\C/C=C\C/C=C\C/C=C\C/C=C\CCCCCCCCCCCCCCCCCCCC(=O)NC(COP(=O)([O-])OCC[N+](C)(C)C)C(O)/C=C/CC/C=C/CCCCCCCCCCCCCCCCCCCCCCCC. The Morgan fingerprint density at radius 3 is 1.12 bits per heavy atom. The minimum Gasteiger partial charge on any atom is -0.756 e. The number of nitrogens with zero attached hydrogens (tertiary/aromatic N) is 1. The minimum absolute atomic E-state index is 0.00774. The average Bonchev–Trinajstić information content (AvgIpc) is 3.49. The van der Waals surface area contributed by atoms with Crippen LogP contribution >= 0.6 is 7.82 Å². The molecule has 0 heterocycles. The summed E-state index contributed by atoms with van der Waals surface area (Å²) in [4.78, 5) is 25.6. The van der Waals surface area contributed by atoms with Crippen LogP contribution in [-0.2, 0) is 18.4 Å². The largest absolute Gasteiger partial charge is 0.756 e. The normalized spacial score (nSPS) is 14.2. The highest BCUT2D eigenvalue weighted by Gasteiger charge is 2.23. The number of nitrogens with one attached hydrogen (secondary N) is 1. The van der Waals surface area contributed by atoms with Crippen molar-refractivity contribution in [1.29, 1.82) is 0 Å². The molecule has 0 saturated carbocycles. The molecule has 8 nitrogen and oxygen atoms in total. The van der Waals surface area contributed by atoms with Crippen LogP contribution in [0.2, 0.25) is 0 Å². The molecule has 0 aliphatic rings. The van der Waals surface area contributed by atoms with Gasteiger partial charge in [-0.1, -0.05) is 330 Å². The van der Waals surface area contributed by atoms with Crippen LogP contribution in [0.3, 0.4) is 0 Å². The summed E-state index contributed by atoms with van der Waals surface area (Å²) >= 11 is 0. The molecule has 0 rings (SSSR count). The van der Waals surface area contributed by atoms with E-state index in [-0.39, 0.29) is 12.5 Å². The number of aliphatic hydroxyl groups excluding tert-OH is 1. The predicted molar refractivity (Wildman–Crippen MR) is 362 cm³/mol. The van der Waals surface area contributed by atoms with Crippen LogP contribution in [-0.4, -0.2) is 68.5 Å². The zero-order chi connectivity index (χ0) is 60.5. The number of phosphoric acid groups is 1. The van der Waals surface area contributed by atoms with Gasteiger partial charge in [0, 0.05) is 6.42 Å². The van der Waals surface area contributed by atoms with E-state index in [0.29, 0.717) is 17.4 Å². The first-order valence-corrected chi connectivity index (χ1v) is 36.9. The van der Waals surface area contributed by atoms with E-state index in [0.717, 1.165) is 70.6 Å². The molecule has 9 heteroatoms. The number of quaternary nitrogens is 1. The lowest BCUT2D eigenvalue weighted by atomic mass is 10.0. The van der Waals surface area contributed by atoms with Crippen molar-refractivity contribution < 1.29 is 32.9 Å². The molecule has 2 N–H and O–H groups in total. The highest BCUT2D eigenvalue weighted by atomic mass is 31.2. The number of hydrogen-bond acceptors (Lipinski definition) is 6. The van der Waals surface area contributed by atoms with Crippen molar-refractivity contribution in [1.82, 2.24) is 5.32 Å². The maximum atomic E-state index is 13.0. The minimum atomic E-state index is -4.62. The lowest BCUT2D eigenvalue weighted by molar-refractivity contribution is -0.870. The van der Waals surface area contributed by atoms with Crippen LogP contribution in [0.25, 0.3) is 0 Å². The first-order valence-electron chi connectivity index (χ1n) is 35.4. The molecule has 0 saturated heterocycles. The fourth-order valence-electron chi connectivity index (χ4n) is 10.4. The van der Waals surface area contributed by atoms with Crippen molar-refractivity contribution in [3.05, 3.63) is 85.1 Å². The second-order valence-electron chi connectivity index (χ2n) is 25.2. The monoisotopic (exact) mass is 1180 g/mol. The molecule has 0 radical (unpaired) electrons. The Balaban J connectivity index is 4.09. The molecule has 0 aliphatic carbocycles. The van der Waals surface area contributed by atoms with Gasteiger partial charge in [-0.15, -0.1) is 0 Å². The van der Waals surface area contributed by atoms with E-state index in [4.69, 9.17) is 9.05 Å². The van der Waals surface area contributed by atoms with Gasteiger partial charge in [-0.25, -0.2) is 0 Å². The standard InChI is InChI=1S/C74H137N2O6P/c1-6-8-10-12-14-16-18-20-22-24-26-28-30-32-34-36-37-38-39-40-42-44-46-48-50-52-54-56-58-60-62-64-66-68-74(78)75-72(71-82-83(79,80)81-70-69-76(3,4)5)73(77)67-65-63-61-59-57-55-53-51-49-47-45-43-41-35-33-31-29-27-25-23-21-19-17-15-13-11-9-7-2/h8,10,14,16,20,22,26,28,32,34,57,59,65,67,72-73,77H,6-7,9,11-13,15,17-19,21,23-25,27,29-31,33,35-56,58,60-64,66,68-71H2,1-5H3,(H-,75,78,79,80)/b10-8-,16-14-,22-20-,28-26-,34-32-,59-57+,67-65+. The van der Waals surface area contributed by atoms with Crippen molar-refractivity contribution in [2.45, 2.75) is 341 Å². The van der Waals surface area contributed by atoms with Gasteiger partial charge in [-0.2, -0.15) is 0 Å². The third kappa shape index (κ3) is 67.1. The van der Waals surface area contributed by atoms with Crippen molar-refractivity contribution in [3.8, 4) is 0 Å². The highest BCUT2D eigenvalue weighted by molar-refractivity contribution is 7.45. The number of carbonyl (C=O) groups is 1. The fraction of sp³-hybridized carbons (Fsp3) is 0.797. The van der Waals surface area contributed by atoms with E-state index >= 15 is 0 Å². The molecule has 0 aromatic heterocycles. The van der Waals surface area contributed by atoms with Crippen molar-refractivity contribution >= 4 is 13.7 Å². The molecule has 1 amide bonds. The summed E-state index contributed by atoms with van der Waals surface area (Å²) in [5, 5.41) is 14.0. The third-order valence-corrected chi connectivity index (χ3v) is 16.8. The van der Waals surface area contributed by atoms with E-state index in [1.54, 1.807) is 6.08 Å². The topological polar surface area (TPSA) is 108 Å². The molecule has 3 atom stereocenters. The Kier molecular flexibility index (Phi) is 62.4. The van der Waals surface area contributed by atoms with Gasteiger partial charge in [0.05, 0.1) is 39.9 Å². The Morgan fingerprint density at radius 1 is 0.434 bits per heavy atom. The summed E-state index contributed by atoms with van der Waals surface area (Å²) in [6.07, 6.45) is 91.4. The molecule has 0 aliphatic heterocycles. The van der Waals surface area contributed by atoms with E-state index < -0.39 is 26.6 Å². The summed E-state index contributed by atoms with van der Waals surface area (Å²) in [6, 6.07) is -0.908. The maximum Gasteiger partial charge on any atom is 0.268 e. The zero-order valence-corrected chi connectivity index (χ0v) is 56.3. The summed E-state index contributed by atoms with van der Waals surface area (Å²) in [7, 11) is 1.25. The summed E-state index contributed by atoms with van der Waals surface area (Å²) < 4.78 is 23.5. The average molecular weight is 1180 g/mol. The number of rotatable bonds is 65. The quantitative estimate of drug-likeness (QED) is 0.0272. The Labute approximate surface area is 516 Å². The molecule has 83 heavy (non-hydrogen) atoms. The van der Waals surface area contributed by atoms with Crippen molar-refractivity contribution in [3.63, 3.8) is 0 Å². The van der Waals surface area contributed by atoms with Crippen molar-refractivity contribution in [2.75, 3.05) is 40.9 Å². The van der Waals surface area contributed by atoms with Gasteiger partial charge in [0.1, 0.15) is 13.2 Å². The van der Waals surface area contributed by atoms with E-state index in [2.05, 4.69) is 92.1 Å². The smallest absolute Gasteiger partial charge is 0.268 e. The number of amides is 1. The van der Waals surface area contributed by atoms with Gasteiger partial charge in [-0.05, 0) is 77.0 Å². The molecule has 0 aromatic carbocycles. The Bertz CT molecular complexity index is 1630. The summed E-state index contributed by atoms with van der Waals surface area (Å²) in [6.45, 7) is 4.55.